The molecule has 0 spiro atoms. The first-order valence-corrected chi connectivity index (χ1v) is 9.31. The van der Waals surface area contributed by atoms with Crippen molar-refractivity contribution in [2.24, 2.45) is 5.92 Å². The van der Waals surface area contributed by atoms with E-state index in [1.54, 1.807) is 0 Å². The fraction of sp³-hybridized carbons (Fsp3) is 0.632. The van der Waals surface area contributed by atoms with Gasteiger partial charge in [0.25, 0.3) is 5.88 Å². The van der Waals surface area contributed by atoms with Gasteiger partial charge < -0.3 is 24.4 Å². The second-order valence-corrected chi connectivity index (χ2v) is 7.34. The average Bonchev–Trinajstić information content (AvgIpc) is 3.26. The number of halogens is 1. The van der Waals surface area contributed by atoms with Crippen LogP contribution >= 0.6 is 12.4 Å². The van der Waals surface area contributed by atoms with E-state index in [1.165, 1.54) is 0 Å². The van der Waals surface area contributed by atoms with Crippen LogP contribution in [0.1, 0.15) is 38.5 Å². The number of aliphatic hydroxyl groups is 1. The Hall–Kier alpha value is -1.50. The number of nitrogens with one attached hydrogen (secondary N) is 1. The number of rotatable bonds is 6. The van der Waals surface area contributed by atoms with Gasteiger partial charge in [-0.2, -0.15) is 0 Å². The maximum absolute atomic E-state index is 10.5. The van der Waals surface area contributed by atoms with Crippen molar-refractivity contribution in [2.75, 3.05) is 26.3 Å². The molecular formula is C19H27ClN2O4. The number of benzene rings is 1. The number of nitrogens with zero attached hydrogens (tertiary/aromatic N) is 1. The van der Waals surface area contributed by atoms with Crippen LogP contribution in [0, 0.1) is 5.92 Å². The molecule has 2 aromatic rings. The van der Waals surface area contributed by atoms with Gasteiger partial charge in [-0.1, -0.05) is 18.9 Å². The number of hydrogen-bond acceptors (Lipinski definition) is 6. The molecule has 0 radical (unpaired) electrons. The third-order valence-corrected chi connectivity index (χ3v) is 5.37. The minimum atomic E-state index is -0.713. The van der Waals surface area contributed by atoms with Crippen molar-refractivity contribution >= 4 is 23.4 Å². The van der Waals surface area contributed by atoms with E-state index < -0.39 is 5.60 Å². The van der Waals surface area contributed by atoms with E-state index in [9.17, 15) is 5.11 Å². The van der Waals surface area contributed by atoms with Crippen LogP contribution < -0.4 is 14.8 Å². The molecule has 2 N–H and O–H groups in total. The summed E-state index contributed by atoms with van der Waals surface area (Å²) in [6, 6.07) is 5.62. The highest BCUT2D eigenvalue weighted by atomic mass is 35.5. The lowest BCUT2D eigenvalue weighted by Gasteiger charge is -2.23. The maximum atomic E-state index is 10.5. The quantitative estimate of drug-likeness (QED) is 0.798. The Balaban J connectivity index is 0.00000196. The Labute approximate surface area is 159 Å². The lowest BCUT2D eigenvalue weighted by atomic mass is 9.99. The van der Waals surface area contributed by atoms with Gasteiger partial charge in [0.05, 0.1) is 12.2 Å². The minimum Gasteiger partial charge on any atom is -0.490 e. The second kappa shape index (κ2) is 8.46. The molecule has 0 bridgehead atoms. The van der Waals surface area contributed by atoms with Crippen molar-refractivity contribution in [1.29, 1.82) is 0 Å². The Morgan fingerprint density at radius 2 is 1.96 bits per heavy atom. The van der Waals surface area contributed by atoms with Crippen LogP contribution in [0.5, 0.6) is 11.6 Å². The summed E-state index contributed by atoms with van der Waals surface area (Å²) in [5, 5.41) is 18.7. The predicted octanol–water partition coefficient (Wildman–Crippen LogP) is 3.31. The van der Waals surface area contributed by atoms with E-state index in [0.29, 0.717) is 36.3 Å². The van der Waals surface area contributed by atoms with Gasteiger partial charge in [0.15, 0.2) is 5.58 Å². The largest absolute Gasteiger partial charge is 0.490 e. The summed E-state index contributed by atoms with van der Waals surface area (Å²) in [4.78, 5) is 0. The first-order valence-electron chi connectivity index (χ1n) is 9.31. The van der Waals surface area contributed by atoms with E-state index in [2.05, 4.69) is 10.5 Å². The zero-order chi connectivity index (χ0) is 17.1. The fourth-order valence-electron chi connectivity index (χ4n) is 3.79. The Kier molecular flexibility index (Phi) is 6.27. The van der Waals surface area contributed by atoms with Gasteiger partial charge in [0.2, 0.25) is 0 Å². The highest BCUT2D eigenvalue weighted by molar-refractivity contribution is 5.88. The molecule has 144 valence electrons. The Morgan fingerprint density at radius 3 is 2.73 bits per heavy atom. The van der Waals surface area contributed by atoms with Gasteiger partial charge in [-0.25, -0.2) is 0 Å². The lowest BCUT2D eigenvalue weighted by molar-refractivity contribution is 0.00183. The molecule has 6 nitrogen and oxygen atoms in total. The highest BCUT2D eigenvalue weighted by Gasteiger charge is 2.32. The summed E-state index contributed by atoms with van der Waals surface area (Å²) in [7, 11) is 0. The molecule has 1 aliphatic heterocycles. The molecule has 1 aromatic heterocycles. The maximum Gasteiger partial charge on any atom is 0.265 e. The third-order valence-electron chi connectivity index (χ3n) is 5.37. The monoisotopic (exact) mass is 382 g/mol. The molecule has 2 aliphatic rings. The Morgan fingerprint density at radius 1 is 1.19 bits per heavy atom. The molecule has 2 fully saturated rings. The van der Waals surface area contributed by atoms with Gasteiger partial charge in [-0.05, 0) is 62.0 Å². The highest BCUT2D eigenvalue weighted by Crippen LogP contribution is 2.36. The van der Waals surface area contributed by atoms with Gasteiger partial charge in [-0.3, -0.25) is 0 Å². The van der Waals surface area contributed by atoms with E-state index in [-0.39, 0.29) is 12.4 Å². The summed E-state index contributed by atoms with van der Waals surface area (Å²) >= 11 is 0. The van der Waals surface area contributed by atoms with Crippen molar-refractivity contribution in [3.05, 3.63) is 18.2 Å². The van der Waals surface area contributed by atoms with Gasteiger partial charge in [0.1, 0.15) is 17.7 Å². The molecule has 0 amide bonds. The molecule has 1 aliphatic carbocycles. The van der Waals surface area contributed by atoms with E-state index in [0.717, 1.165) is 57.0 Å². The molecule has 0 unspecified atom stereocenters. The van der Waals surface area contributed by atoms with Gasteiger partial charge >= 0.3 is 0 Å². The summed E-state index contributed by atoms with van der Waals surface area (Å²) in [5.74, 6) is 1.70. The van der Waals surface area contributed by atoms with E-state index in [4.69, 9.17) is 14.0 Å². The van der Waals surface area contributed by atoms with Crippen LogP contribution in [0.4, 0.5) is 0 Å². The second-order valence-electron chi connectivity index (χ2n) is 7.34. The zero-order valence-electron chi connectivity index (χ0n) is 14.9. The number of hydrogen-bond donors (Lipinski definition) is 2. The minimum absolute atomic E-state index is 0. The molecule has 1 saturated carbocycles. The topological polar surface area (TPSA) is 76.8 Å². The summed E-state index contributed by atoms with van der Waals surface area (Å²) in [5.41, 5.74) is -0.0636. The van der Waals surface area contributed by atoms with Gasteiger partial charge in [0, 0.05) is 0 Å². The zero-order valence-corrected chi connectivity index (χ0v) is 15.7. The molecule has 1 aromatic carbocycles. The third kappa shape index (κ3) is 4.24. The van der Waals surface area contributed by atoms with E-state index in [1.807, 2.05) is 18.2 Å². The molecule has 0 atom stereocenters. The first-order chi connectivity index (χ1) is 12.2. The van der Waals surface area contributed by atoms with Crippen molar-refractivity contribution in [2.45, 2.75) is 44.1 Å². The number of aromatic nitrogens is 1. The van der Waals surface area contributed by atoms with Crippen molar-refractivity contribution in [3.63, 3.8) is 0 Å². The van der Waals surface area contributed by atoms with Gasteiger partial charge in [-0.15, -0.1) is 12.4 Å². The number of piperidine rings is 1. The molecule has 1 saturated heterocycles. The molecule has 26 heavy (non-hydrogen) atoms. The van der Waals surface area contributed by atoms with Crippen LogP contribution in [0.2, 0.25) is 0 Å². The van der Waals surface area contributed by atoms with Crippen LogP contribution in [-0.2, 0) is 0 Å². The number of fused-ring (bicyclic) bond motifs is 1. The van der Waals surface area contributed by atoms with Crippen molar-refractivity contribution in [3.8, 4) is 11.6 Å². The summed E-state index contributed by atoms with van der Waals surface area (Å²) in [6.45, 7) is 3.02. The summed E-state index contributed by atoms with van der Waals surface area (Å²) in [6.07, 6.45) is 5.94. The SMILES string of the molecule is Cl.OC1(COc2cccc3onc(OCC4CCNCC4)c23)CCCC1. The fourth-order valence-corrected chi connectivity index (χ4v) is 3.79. The first kappa shape index (κ1) is 19.3. The average molecular weight is 383 g/mol. The molecule has 4 rings (SSSR count). The van der Waals surface area contributed by atoms with Crippen LogP contribution in [0.15, 0.2) is 22.7 Å². The van der Waals surface area contributed by atoms with Crippen LogP contribution in [0.3, 0.4) is 0 Å². The smallest absolute Gasteiger partial charge is 0.265 e. The Bertz CT molecular complexity index is 709. The molecular weight excluding hydrogens is 356 g/mol. The predicted molar refractivity (Wildman–Crippen MR) is 101 cm³/mol. The van der Waals surface area contributed by atoms with Crippen LogP contribution in [-0.4, -0.2) is 42.2 Å². The molecule has 7 heteroatoms. The van der Waals surface area contributed by atoms with Crippen molar-refractivity contribution < 1.29 is 19.1 Å². The standard InChI is InChI=1S/C19H26N2O4.ClH/c22-19(8-1-2-9-19)13-24-15-4-3-5-16-17(15)18(21-25-16)23-12-14-6-10-20-11-7-14;/h3-5,14,20,22H,1-2,6-13H2;1H. The van der Waals surface area contributed by atoms with E-state index >= 15 is 0 Å². The summed E-state index contributed by atoms with van der Waals surface area (Å²) < 4.78 is 17.3. The van der Waals surface area contributed by atoms with Crippen molar-refractivity contribution in [1.82, 2.24) is 10.5 Å². The van der Waals surface area contributed by atoms with Crippen LogP contribution in [0.25, 0.3) is 11.0 Å². The number of ether oxygens (including phenoxy) is 2. The normalized spacial score (nSPS) is 20.0. The molecule has 2 heterocycles. The lowest BCUT2D eigenvalue weighted by Crippen LogP contribution is -2.32.